The molecule has 4 heterocycles. The van der Waals surface area contributed by atoms with Crippen LogP contribution in [0.5, 0.6) is 10.9 Å². The lowest BCUT2D eigenvalue weighted by molar-refractivity contribution is -0.119. The van der Waals surface area contributed by atoms with Crippen LogP contribution >= 0.6 is 11.3 Å². The molecule has 1 N–H and O–H groups in total. The van der Waals surface area contributed by atoms with E-state index < -0.39 is 0 Å². The number of carbonyl (C=O) groups is 1. The number of nitrogens with one attached hydrogen (secondary N) is 1. The number of fused-ring (bicyclic) bond motifs is 2. The smallest absolute Gasteiger partial charge is 0.281 e. The standard InChI is InChI=1S/C21H20N4O3S/c1-13(26)23-15-6-8-25(11-15)12-17-9-14-4-5-16(10-18(14)27-17)28-21-24-20-19(29-21)3-2-7-22-20/h2-5,7,9-10,15H,6,8,11-12H2,1H3,(H,23,26). The zero-order valence-electron chi connectivity index (χ0n) is 15.9. The van der Waals surface area contributed by atoms with Crippen molar-refractivity contribution in [3.8, 4) is 10.9 Å². The van der Waals surface area contributed by atoms with Crippen molar-refractivity contribution in [2.75, 3.05) is 13.1 Å². The SMILES string of the molecule is CC(=O)NC1CCN(Cc2cc3ccc(Oc4nc5ncccc5s4)cc3o2)C1. The number of benzene rings is 1. The Bertz CT molecular complexity index is 1150. The summed E-state index contributed by atoms with van der Waals surface area (Å²) in [6.07, 6.45) is 2.69. The fourth-order valence-corrected chi connectivity index (χ4v) is 4.50. The molecule has 1 unspecified atom stereocenters. The minimum absolute atomic E-state index is 0.0250. The molecule has 0 saturated carbocycles. The fraction of sp³-hybridized carbons (Fsp3) is 0.286. The second-order valence-electron chi connectivity index (χ2n) is 7.24. The van der Waals surface area contributed by atoms with Crippen LogP contribution in [0.2, 0.25) is 0 Å². The van der Waals surface area contributed by atoms with Crippen LogP contribution in [0.1, 0.15) is 19.1 Å². The number of likely N-dealkylation sites (tertiary alicyclic amines) is 1. The highest BCUT2D eigenvalue weighted by molar-refractivity contribution is 7.20. The van der Waals surface area contributed by atoms with Gasteiger partial charge in [0.05, 0.1) is 11.2 Å². The molecule has 29 heavy (non-hydrogen) atoms. The Labute approximate surface area is 171 Å². The van der Waals surface area contributed by atoms with Crippen LogP contribution in [0.3, 0.4) is 0 Å². The molecule has 0 spiro atoms. The maximum Gasteiger partial charge on any atom is 0.281 e. The molecule has 148 valence electrons. The minimum Gasteiger partial charge on any atom is -0.460 e. The molecule has 8 heteroatoms. The number of hydrogen-bond donors (Lipinski definition) is 1. The average molecular weight is 408 g/mol. The number of aromatic nitrogens is 2. The van der Waals surface area contributed by atoms with Crippen LogP contribution in [0.25, 0.3) is 21.3 Å². The summed E-state index contributed by atoms with van der Waals surface area (Å²) in [7, 11) is 0. The van der Waals surface area contributed by atoms with Crippen LogP contribution in [-0.4, -0.2) is 39.9 Å². The number of furan rings is 1. The lowest BCUT2D eigenvalue weighted by Crippen LogP contribution is -2.35. The van der Waals surface area contributed by atoms with Gasteiger partial charge in [0, 0.05) is 43.7 Å². The Morgan fingerprint density at radius 1 is 1.38 bits per heavy atom. The average Bonchev–Trinajstić information content (AvgIpc) is 3.38. The van der Waals surface area contributed by atoms with Gasteiger partial charge in [-0.3, -0.25) is 9.69 Å². The molecule has 0 aliphatic carbocycles. The normalized spacial score (nSPS) is 17.2. The van der Waals surface area contributed by atoms with E-state index in [0.29, 0.717) is 16.6 Å². The van der Waals surface area contributed by atoms with Crippen molar-refractivity contribution in [1.29, 1.82) is 0 Å². The maximum absolute atomic E-state index is 11.2. The molecule has 1 atom stereocenters. The first kappa shape index (κ1) is 18.1. The van der Waals surface area contributed by atoms with E-state index in [1.807, 2.05) is 30.3 Å². The molecule has 0 bridgehead atoms. The third-order valence-corrected chi connectivity index (χ3v) is 5.84. The van der Waals surface area contributed by atoms with Crippen LogP contribution in [0.15, 0.2) is 47.0 Å². The Balaban J connectivity index is 1.29. The van der Waals surface area contributed by atoms with E-state index >= 15 is 0 Å². The maximum atomic E-state index is 11.2. The molecular formula is C21H20N4O3S. The quantitative estimate of drug-likeness (QED) is 0.539. The second-order valence-corrected chi connectivity index (χ2v) is 8.23. The van der Waals surface area contributed by atoms with Crippen LogP contribution in [0.4, 0.5) is 0 Å². The lowest BCUT2D eigenvalue weighted by atomic mass is 10.2. The number of nitrogens with zero attached hydrogens (tertiary/aromatic N) is 3. The third kappa shape index (κ3) is 3.94. The van der Waals surface area contributed by atoms with Gasteiger partial charge in [0.15, 0.2) is 5.65 Å². The van der Waals surface area contributed by atoms with Crippen molar-refractivity contribution in [2.45, 2.75) is 25.9 Å². The predicted octanol–water partition coefficient (Wildman–Crippen LogP) is 3.94. The summed E-state index contributed by atoms with van der Waals surface area (Å²) in [6, 6.07) is 12.0. The van der Waals surface area contributed by atoms with E-state index in [0.717, 1.165) is 47.5 Å². The molecule has 4 aromatic rings. The number of ether oxygens (including phenoxy) is 1. The van der Waals surface area contributed by atoms with E-state index in [1.54, 1.807) is 13.1 Å². The second kappa shape index (κ2) is 7.46. The van der Waals surface area contributed by atoms with Crippen molar-refractivity contribution in [1.82, 2.24) is 20.2 Å². The number of hydrogen-bond acceptors (Lipinski definition) is 7. The summed E-state index contributed by atoms with van der Waals surface area (Å²) < 4.78 is 13.0. The molecule has 1 saturated heterocycles. The third-order valence-electron chi connectivity index (χ3n) is 4.95. The van der Waals surface area contributed by atoms with Crippen molar-refractivity contribution in [3.05, 3.63) is 48.4 Å². The number of amides is 1. The fourth-order valence-electron chi connectivity index (χ4n) is 3.70. The van der Waals surface area contributed by atoms with Crippen LogP contribution < -0.4 is 10.1 Å². The summed E-state index contributed by atoms with van der Waals surface area (Å²) in [6.45, 7) is 4.08. The summed E-state index contributed by atoms with van der Waals surface area (Å²) in [4.78, 5) is 22.2. The largest absolute Gasteiger partial charge is 0.460 e. The van der Waals surface area contributed by atoms with Gasteiger partial charge in [-0.15, -0.1) is 0 Å². The van der Waals surface area contributed by atoms with Crippen molar-refractivity contribution < 1.29 is 13.9 Å². The first-order valence-corrected chi connectivity index (χ1v) is 10.4. The van der Waals surface area contributed by atoms with Gasteiger partial charge in [-0.25, -0.2) is 4.98 Å². The van der Waals surface area contributed by atoms with E-state index in [1.165, 1.54) is 11.3 Å². The Morgan fingerprint density at radius 3 is 3.17 bits per heavy atom. The summed E-state index contributed by atoms with van der Waals surface area (Å²) in [5.41, 5.74) is 1.48. The van der Waals surface area contributed by atoms with E-state index in [9.17, 15) is 4.79 Å². The molecule has 1 fully saturated rings. The van der Waals surface area contributed by atoms with Crippen molar-refractivity contribution >= 4 is 38.6 Å². The van der Waals surface area contributed by atoms with Gasteiger partial charge in [-0.2, -0.15) is 4.98 Å². The highest BCUT2D eigenvalue weighted by Crippen LogP contribution is 2.32. The van der Waals surface area contributed by atoms with E-state index in [2.05, 4.69) is 26.3 Å². The van der Waals surface area contributed by atoms with Crippen LogP contribution in [0, 0.1) is 0 Å². The van der Waals surface area contributed by atoms with Gasteiger partial charge in [0.2, 0.25) is 5.91 Å². The monoisotopic (exact) mass is 408 g/mol. The zero-order valence-corrected chi connectivity index (χ0v) is 16.7. The Hall–Kier alpha value is -2.97. The lowest BCUT2D eigenvalue weighted by Gasteiger charge is -2.14. The number of carbonyl (C=O) groups excluding carboxylic acids is 1. The first-order chi connectivity index (χ1) is 14.1. The van der Waals surface area contributed by atoms with Gasteiger partial charge in [0.25, 0.3) is 5.19 Å². The molecule has 0 radical (unpaired) electrons. The molecule has 1 aliphatic heterocycles. The number of rotatable bonds is 5. The van der Waals surface area contributed by atoms with Gasteiger partial charge in [-0.1, -0.05) is 11.3 Å². The topological polar surface area (TPSA) is 80.5 Å². The van der Waals surface area contributed by atoms with Gasteiger partial charge in [-0.05, 0) is 36.8 Å². The minimum atomic E-state index is 0.0250. The van der Waals surface area contributed by atoms with Crippen molar-refractivity contribution in [3.63, 3.8) is 0 Å². The summed E-state index contributed by atoms with van der Waals surface area (Å²) in [5, 5.41) is 4.59. The number of pyridine rings is 1. The molecule has 5 rings (SSSR count). The predicted molar refractivity (Wildman–Crippen MR) is 111 cm³/mol. The highest BCUT2D eigenvalue weighted by Gasteiger charge is 2.23. The van der Waals surface area contributed by atoms with Gasteiger partial charge < -0.3 is 14.5 Å². The highest BCUT2D eigenvalue weighted by atomic mass is 32.1. The van der Waals surface area contributed by atoms with Crippen molar-refractivity contribution in [2.24, 2.45) is 0 Å². The Morgan fingerprint density at radius 2 is 2.31 bits per heavy atom. The molecule has 1 aliphatic rings. The van der Waals surface area contributed by atoms with Gasteiger partial charge >= 0.3 is 0 Å². The summed E-state index contributed by atoms with van der Waals surface area (Å²) in [5.74, 6) is 1.62. The van der Waals surface area contributed by atoms with Gasteiger partial charge in [0.1, 0.15) is 17.1 Å². The molecular weight excluding hydrogens is 388 g/mol. The molecule has 1 aromatic carbocycles. The van der Waals surface area contributed by atoms with Crippen LogP contribution in [-0.2, 0) is 11.3 Å². The molecule has 7 nitrogen and oxygen atoms in total. The number of thiazole rings is 1. The summed E-state index contributed by atoms with van der Waals surface area (Å²) >= 11 is 1.47. The molecule has 1 amide bonds. The Kier molecular flexibility index (Phi) is 4.65. The first-order valence-electron chi connectivity index (χ1n) is 9.54. The van der Waals surface area contributed by atoms with E-state index in [-0.39, 0.29) is 11.9 Å². The molecule has 3 aromatic heterocycles. The zero-order chi connectivity index (χ0) is 19.8. The van der Waals surface area contributed by atoms with E-state index in [4.69, 9.17) is 9.15 Å².